The third-order valence-corrected chi connectivity index (χ3v) is 7.31. The minimum atomic E-state index is -0.993. The summed E-state index contributed by atoms with van der Waals surface area (Å²) in [6.45, 7) is 13.7. The summed E-state index contributed by atoms with van der Waals surface area (Å²) >= 11 is 0. The molecule has 0 aromatic carbocycles. The summed E-state index contributed by atoms with van der Waals surface area (Å²) in [5, 5.41) is 12.8. The van der Waals surface area contributed by atoms with Gasteiger partial charge in [0.15, 0.2) is 0 Å². The van der Waals surface area contributed by atoms with E-state index in [2.05, 4.69) is 31.0 Å². The number of nitrogens with zero attached hydrogens (tertiary/aromatic N) is 1. The summed E-state index contributed by atoms with van der Waals surface area (Å²) in [5.74, 6) is -1.17. The molecule has 0 aromatic rings. The van der Waals surface area contributed by atoms with Gasteiger partial charge in [-0.1, -0.05) is 38.5 Å². The van der Waals surface area contributed by atoms with Crippen LogP contribution in [0.5, 0.6) is 0 Å². The summed E-state index contributed by atoms with van der Waals surface area (Å²) in [7, 11) is 0. The summed E-state index contributed by atoms with van der Waals surface area (Å²) in [6, 6.07) is -1.81. The fourth-order valence-corrected chi connectivity index (χ4v) is 5.48. The molecule has 0 unspecified atom stereocenters. The maximum absolute atomic E-state index is 13.8. The Morgan fingerprint density at radius 2 is 1.84 bits per heavy atom. The van der Waals surface area contributed by atoms with Crippen LogP contribution in [0.1, 0.15) is 53.9 Å². The highest BCUT2D eigenvalue weighted by molar-refractivity contribution is 5.91. The number of aliphatic carboxylic acids is 1. The number of likely N-dealkylation sites (tertiary alicyclic amines) is 1. The number of nitrogens with one attached hydrogen (secondary N) is 1. The molecule has 0 spiro atoms. The SMILES string of the molecule is C=CC1([C@H](NC(=O)OC(C)(C)C)C(=O)N2C[C@H]3[C@H]([C@H](C)C=C[C@@H]3C)[C@H]2C(=O)O)CCC1. The molecule has 7 nitrogen and oxygen atoms in total. The number of alkyl carbamates (subject to hydrolysis) is 1. The van der Waals surface area contributed by atoms with Crippen LogP contribution < -0.4 is 5.32 Å². The van der Waals surface area contributed by atoms with Crippen molar-refractivity contribution in [3.63, 3.8) is 0 Å². The number of ether oxygens (including phenoxy) is 1. The molecule has 2 amide bonds. The first-order valence-electron chi connectivity index (χ1n) is 11.2. The minimum Gasteiger partial charge on any atom is -0.480 e. The molecule has 0 bridgehead atoms. The Kier molecular flexibility index (Phi) is 6.27. The molecule has 3 rings (SSSR count). The van der Waals surface area contributed by atoms with Gasteiger partial charge < -0.3 is 20.1 Å². The molecule has 1 saturated heterocycles. The summed E-state index contributed by atoms with van der Waals surface area (Å²) < 4.78 is 5.41. The Bertz CT molecular complexity index is 779. The lowest BCUT2D eigenvalue weighted by Gasteiger charge is -2.46. The van der Waals surface area contributed by atoms with E-state index in [9.17, 15) is 19.5 Å². The van der Waals surface area contributed by atoms with Crippen LogP contribution in [0.3, 0.4) is 0 Å². The van der Waals surface area contributed by atoms with Crippen molar-refractivity contribution >= 4 is 18.0 Å². The van der Waals surface area contributed by atoms with Crippen molar-refractivity contribution < 1.29 is 24.2 Å². The van der Waals surface area contributed by atoms with Crippen LogP contribution in [0.4, 0.5) is 4.79 Å². The Labute approximate surface area is 184 Å². The van der Waals surface area contributed by atoms with Crippen molar-refractivity contribution in [1.29, 1.82) is 0 Å². The Hall–Kier alpha value is -2.31. The smallest absolute Gasteiger partial charge is 0.408 e. The van der Waals surface area contributed by atoms with E-state index in [1.54, 1.807) is 26.8 Å². The molecule has 2 N–H and O–H groups in total. The molecular formula is C24H36N2O5. The summed E-state index contributed by atoms with van der Waals surface area (Å²) in [5.41, 5.74) is -1.29. The zero-order chi connectivity index (χ0) is 23.1. The van der Waals surface area contributed by atoms with Crippen molar-refractivity contribution in [2.45, 2.75) is 71.6 Å². The van der Waals surface area contributed by atoms with Gasteiger partial charge in [-0.2, -0.15) is 0 Å². The van der Waals surface area contributed by atoms with Crippen LogP contribution in [0, 0.1) is 29.1 Å². The highest BCUT2D eigenvalue weighted by Gasteiger charge is 2.56. The third-order valence-electron chi connectivity index (χ3n) is 7.31. The first kappa shape index (κ1) is 23.4. The Balaban J connectivity index is 1.92. The zero-order valence-electron chi connectivity index (χ0n) is 19.3. The maximum Gasteiger partial charge on any atom is 0.408 e. The number of carbonyl (C=O) groups excluding carboxylic acids is 2. The van der Waals surface area contributed by atoms with Crippen LogP contribution in [0.25, 0.3) is 0 Å². The zero-order valence-corrected chi connectivity index (χ0v) is 19.3. The number of carbonyl (C=O) groups is 3. The van der Waals surface area contributed by atoms with Gasteiger partial charge in [0.25, 0.3) is 0 Å². The first-order chi connectivity index (χ1) is 14.4. The number of fused-ring (bicyclic) bond motifs is 1. The van der Waals surface area contributed by atoms with Crippen molar-refractivity contribution in [3.05, 3.63) is 24.8 Å². The second kappa shape index (κ2) is 8.32. The van der Waals surface area contributed by atoms with Crippen LogP contribution in [0.2, 0.25) is 0 Å². The summed E-state index contributed by atoms with van der Waals surface area (Å²) in [6.07, 6.45) is 7.60. The van der Waals surface area contributed by atoms with Crippen molar-refractivity contribution in [1.82, 2.24) is 10.2 Å². The standard InChI is InChI=1S/C24H36N2O5/c1-7-24(11-8-12-24)19(25-22(30)31-23(4,5)6)20(27)26-13-16-14(2)9-10-15(3)17(16)18(26)21(28)29/h7,9-10,14-19H,1,8,11-13H2,2-6H3,(H,25,30)(H,28,29)/t14-,15+,16+,17-,18-,19+/m0/s1. The quantitative estimate of drug-likeness (QED) is 0.647. The fourth-order valence-electron chi connectivity index (χ4n) is 5.48. The lowest BCUT2D eigenvalue weighted by molar-refractivity contribution is -0.152. The highest BCUT2D eigenvalue weighted by atomic mass is 16.6. The predicted octanol–water partition coefficient (Wildman–Crippen LogP) is 3.61. The van der Waals surface area contributed by atoms with E-state index in [-0.39, 0.29) is 29.6 Å². The predicted molar refractivity (Wildman–Crippen MR) is 117 cm³/mol. The van der Waals surface area contributed by atoms with Crippen LogP contribution >= 0.6 is 0 Å². The van der Waals surface area contributed by atoms with Crippen LogP contribution in [0.15, 0.2) is 24.8 Å². The van der Waals surface area contributed by atoms with Gasteiger partial charge in [0, 0.05) is 17.9 Å². The number of rotatable bonds is 5. The molecule has 31 heavy (non-hydrogen) atoms. The minimum absolute atomic E-state index is 0.0643. The largest absolute Gasteiger partial charge is 0.480 e. The molecule has 2 fully saturated rings. The molecule has 1 heterocycles. The highest BCUT2D eigenvalue weighted by Crippen LogP contribution is 2.48. The van der Waals surface area contributed by atoms with Gasteiger partial charge in [-0.15, -0.1) is 6.58 Å². The van der Waals surface area contributed by atoms with E-state index in [0.29, 0.717) is 6.54 Å². The van der Waals surface area contributed by atoms with Gasteiger partial charge in [-0.3, -0.25) is 4.79 Å². The lowest BCUT2D eigenvalue weighted by Crippen LogP contribution is -2.61. The lowest BCUT2D eigenvalue weighted by atomic mass is 9.63. The normalized spacial score (nSPS) is 32.4. The molecule has 0 aromatic heterocycles. The third kappa shape index (κ3) is 4.37. The molecule has 1 aliphatic heterocycles. The van der Waals surface area contributed by atoms with Gasteiger partial charge in [-0.25, -0.2) is 9.59 Å². The molecular weight excluding hydrogens is 396 g/mol. The number of hydrogen-bond donors (Lipinski definition) is 2. The van der Waals surface area contributed by atoms with Gasteiger partial charge >= 0.3 is 12.1 Å². The molecule has 7 heteroatoms. The number of carboxylic acid groups (broad SMARTS) is 1. The molecule has 3 aliphatic rings. The number of amides is 2. The number of allylic oxidation sites excluding steroid dienone is 2. The van der Waals surface area contributed by atoms with E-state index in [0.717, 1.165) is 19.3 Å². The van der Waals surface area contributed by atoms with Crippen LogP contribution in [-0.2, 0) is 14.3 Å². The maximum atomic E-state index is 13.8. The average Bonchev–Trinajstić information content (AvgIpc) is 3.03. The Morgan fingerprint density at radius 1 is 1.23 bits per heavy atom. The molecule has 0 radical (unpaired) electrons. The molecule has 1 saturated carbocycles. The summed E-state index contributed by atoms with van der Waals surface area (Å²) in [4.78, 5) is 40.2. The topological polar surface area (TPSA) is 95.9 Å². The van der Waals surface area contributed by atoms with Gasteiger partial charge in [0.1, 0.15) is 17.7 Å². The fraction of sp³-hybridized carbons (Fsp3) is 0.708. The second-order valence-corrected chi connectivity index (χ2v) is 10.5. The van der Waals surface area contributed by atoms with Crippen molar-refractivity contribution in [2.75, 3.05) is 6.54 Å². The van der Waals surface area contributed by atoms with Crippen molar-refractivity contribution in [2.24, 2.45) is 29.1 Å². The molecule has 172 valence electrons. The number of carboxylic acids is 1. The first-order valence-corrected chi connectivity index (χ1v) is 11.2. The molecule has 6 atom stereocenters. The van der Waals surface area contributed by atoms with E-state index < -0.39 is 35.2 Å². The average molecular weight is 433 g/mol. The second-order valence-electron chi connectivity index (χ2n) is 10.5. The van der Waals surface area contributed by atoms with E-state index in [4.69, 9.17) is 4.74 Å². The van der Waals surface area contributed by atoms with Gasteiger partial charge in [0.2, 0.25) is 5.91 Å². The monoisotopic (exact) mass is 432 g/mol. The van der Waals surface area contributed by atoms with E-state index in [1.165, 1.54) is 4.90 Å². The van der Waals surface area contributed by atoms with E-state index >= 15 is 0 Å². The number of hydrogen-bond acceptors (Lipinski definition) is 4. The van der Waals surface area contributed by atoms with Crippen molar-refractivity contribution in [3.8, 4) is 0 Å². The van der Waals surface area contributed by atoms with Gasteiger partial charge in [-0.05, 0) is 51.4 Å². The molecule has 2 aliphatic carbocycles. The van der Waals surface area contributed by atoms with E-state index in [1.807, 2.05) is 6.92 Å². The Morgan fingerprint density at radius 3 is 2.32 bits per heavy atom. The van der Waals surface area contributed by atoms with Gasteiger partial charge in [0.05, 0.1) is 0 Å². The van der Waals surface area contributed by atoms with Crippen LogP contribution in [-0.4, -0.2) is 52.2 Å².